The second-order valence-corrected chi connectivity index (χ2v) is 8.16. The molecule has 2 aromatic carbocycles. The minimum atomic E-state index is -0.490. The summed E-state index contributed by atoms with van der Waals surface area (Å²) in [6.45, 7) is 1.77. The molecule has 1 amide bonds. The quantitative estimate of drug-likeness (QED) is 0.402. The molecule has 2 heterocycles. The van der Waals surface area contributed by atoms with Gasteiger partial charge in [0.2, 0.25) is 11.7 Å². The summed E-state index contributed by atoms with van der Waals surface area (Å²) in [4.78, 5) is 22.3. The van der Waals surface area contributed by atoms with E-state index in [0.29, 0.717) is 22.7 Å². The predicted molar refractivity (Wildman–Crippen MR) is 114 cm³/mol. The fraction of sp³-hybridized carbons (Fsp3) is 0.143. The molecule has 4 rings (SSSR count). The Bertz CT molecular complexity index is 1130. The van der Waals surface area contributed by atoms with E-state index in [-0.39, 0.29) is 17.6 Å². The van der Waals surface area contributed by atoms with Gasteiger partial charge in [0.25, 0.3) is 5.91 Å². The van der Waals surface area contributed by atoms with Gasteiger partial charge >= 0.3 is 0 Å². The van der Waals surface area contributed by atoms with Gasteiger partial charge in [0.05, 0.1) is 16.8 Å². The van der Waals surface area contributed by atoms with E-state index in [0.717, 1.165) is 10.6 Å². The number of hydrogen-bond acceptors (Lipinski definition) is 7. The van der Waals surface area contributed by atoms with Crippen LogP contribution in [0.1, 0.15) is 34.9 Å². The maximum Gasteiger partial charge on any atom is 0.253 e. The minimum Gasteiger partial charge on any atom is -0.340 e. The average Bonchev–Trinajstić information content (AvgIpc) is 3.45. The summed E-state index contributed by atoms with van der Waals surface area (Å²) in [5.74, 6) is 0.731. The number of thioether (sulfide) groups is 1. The molecule has 0 spiro atoms. The normalized spacial score (nSPS) is 11.9. The third kappa shape index (κ3) is 4.74. The molecule has 0 radical (unpaired) electrons. The van der Waals surface area contributed by atoms with Crippen molar-refractivity contribution in [3.05, 3.63) is 82.4 Å². The van der Waals surface area contributed by atoms with Crippen molar-refractivity contribution in [1.29, 1.82) is 0 Å². The smallest absolute Gasteiger partial charge is 0.253 e. The van der Waals surface area contributed by atoms with Gasteiger partial charge in [-0.2, -0.15) is 4.98 Å². The topological polar surface area (TPSA) is 80.9 Å². The van der Waals surface area contributed by atoms with Crippen LogP contribution < -0.4 is 5.32 Å². The van der Waals surface area contributed by atoms with Crippen LogP contribution in [0.3, 0.4) is 0 Å². The molecule has 0 fully saturated rings. The van der Waals surface area contributed by atoms with Gasteiger partial charge in [0.15, 0.2) is 0 Å². The van der Waals surface area contributed by atoms with Crippen molar-refractivity contribution >= 4 is 29.0 Å². The van der Waals surface area contributed by atoms with Crippen molar-refractivity contribution in [3.63, 3.8) is 0 Å². The number of nitrogens with zero attached hydrogens (tertiary/aromatic N) is 3. The highest BCUT2D eigenvalue weighted by Crippen LogP contribution is 2.27. The SMILES string of the molecule is CC(NC(=O)c1ccccc1SCc1cscn1)c1nc(-c2ccc(F)cc2)no1. The van der Waals surface area contributed by atoms with Crippen LogP contribution in [0.2, 0.25) is 0 Å². The number of rotatable bonds is 7. The Morgan fingerprint density at radius 2 is 2.03 bits per heavy atom. The van der Waals surface area contributed by atoms with Crippen LogP contribution >= 0.6 is 23.1 Å². The lowest BCUT2D eigenvalue weighted by Gasteiger charge is -2.12. The monoisotopic (exact) mass is 440 g/mol. The maximum absolute atomic E-state index is 13.1. The lowest BCUT2D eigenvalue weighted by atomic mass is 10.2. The van der Waals surface area contributed by atoms with Crippen molar-refractivity contribution in [2.45, 2.75) is 23.6 Å². The number of thiazole rings is 1. The molecule has 0 aliphatic carbocycles. The van der Waals surface area contributed by atoms with Crippen molar-refractivity contribution in [3.8, 4) is 11.4 Å². The Labute approximate surface area is 180 Å². The van der Waals surface area contributed by atoms with Crippen LogP contribution in [0.4, 0.5) is 4.39 Å². The van der Waals surface area contributed by atoms with E-state index in [9.17, 15) is 9.18 Å². The Morgan fingerprint density at radius 1 is 1.23 bits per heavy atom. The molecule has 152 valence electrons. The van der Waals surface area contributed by atoms with Gasteiger partial charge < -0.3 is 9.84 Å². The van der Waals surface area contributed by atoms with Gasteiger partial charge in [-0.3, -0.25) is 4.79 Å². The summed E-state index contributed by atoms with van der Waals surface area (Å²) in [5, 5.41) is 8.81. The molecular formula is C21H17FN4O2S2. The molecule has 0 bridgehead atoms. The number of carbonyl (C=O) groups excluding carboxylic acids is 1. The van der Waals surface area contributed by atoms with Crippen LogP contribution in [-0.2, 0) is 5.75 Å². The molecule has 6 nitrogen and oxygen atoms in total. The lowest BCUT2D eigenvalue weighted by Crippen LogP contribution is -2.27. The molecular weight excluding hydrogens is 423 g/mol. The number of hydrogen-bond donors (Lipinski definition) is 1. The van der Waals surface area contributed by atoms with Crippen LogP contribution in [0.5, 0.6) is 0 Å². The number of nitrogens with one attached hydrogen (secondary N) is 1. The summed E-state index contributed by atoms with van der Waals surface area (Å²) in [6.07, 6.45) is 0. The molecule has 0 saturated heterocycles. The van der Waals surface area contributed by atoms with Gasteiger partial charge in [0, 0.05) is 21.6 Å². The second kappa shape index (κ2) is 9.19. The summed E-state index contributed by atoms with van der Waals surface area (Å²) >= 11 is 3.11. The Balaban J connectivity index is 1.44. The summed E-state index contributed by atoms with van der Waals surface area (Å²) in [7, 11) is 0. The third-order valence-corrected chi connectivity index (χ3v) is 6.00. The first-order valence-electron chi connectivity index (χ1n) is 9.09. The molecule has 0 aliphatic heterocycles. The van der Waals surface area contributed by atoms with E-state index in [2.05, 4.69) is 20.4 Å². The number of carbonyl (C=O) groups is 1. The Kier molecular flexibility index (Phi) is 6.20. The van der Waals surface area contributed by atoms with Crippen molar-refractivity contribution in [1.82, 2.24) is 20.4 Å². The summed E-state index contributed by atoms with van der Waals surface area (Å²) < 4.78 is 18.4. The zero-order valence-electron chi connectivity index (χ0n) is 15.9. The summed E-state index contributed by atoms with van der Waals surface area (Å²) in [5.41, 5.74) is 3.98. The van der Waals surface area contributed by atoms with Gasteiger partial charge in [-0.25, -0.2) is 9.37 Å². The largest absolute Gasteiger partial charge is 0.340 e. The molecule has 4 aromatic rings. The van der Waals surface area contributed by atoms with E-state index >= 15 is 0 Å². The van der Waals surface area contributed by atoms with Gasteiger partial charge in [-0.1, -0.05) is 17.3 Å². The first-order valence-corrected chi connectivity index (χ1v) is 11.0. The first-order chi connectivity index (χ1) is 14.6. The number of benzene rings is 2. The van der Waals surface area contributed by atoms with Crippen LogP contribution in [0, 0.1) is 5.82 Å². The molecule has 2 aromatic heterocycles. The average molecular weight is 441 g/mol. The number of halogens is 1. The van der Waals surface area contributed by atoms with E-state index in [1.54, 1.807) is 53.7 Å². The van der Waals surface area contributed by atoms with Crippen LogP contribution in [0.25, 0.3) is 11.4 Å². The molecule has 1 unspecified atom stereocenters. The third-order valence-electron chi connectivity index (χ3n) is 4.25. The second-order valence-electron chi connectivity index (χ2n) is 6.42. The Hall–Kier alpha value is -3.04. The number of aromatic nitrogens is 3. The van der Waals surface area contributed by atoms with Crippen molar-refractivity contribution in [2.75, 3.05) is 0 Å². The maximum atomic E-state index is 13.1. The van der Waals surface area contributed by atoms with E-state index < -0.39 is 6.04 Å². The molecule has 1 N–H and O–H groups in total. The number of amides is 1. The standard InChI is InChI=1S/C21H17FN4O2S2/c1-13(21-25-19(26-28-21)14-6-8-15(22)9-7-14)24-20(27)17-4-2-3-5-18(17)30-11-16-10-29-12-23-16/h2-10,12-13H,11H2,1H3,(H,24,27). The van der Waals surface area contributed by atoms with Crippen molar-refractivity contribution < 1.29 is 13.7 Å². The first kappa shape index (κ1) is 20.2. The van der Waals surface area contributed by atoms with E-state index in [1.165, 1.54) is 12.1 Å². The van der Waals surface area contributed by atoms with Crippen LogP contribution in [-0.4, -0.2) is 21.0 Å². The fourth-order valence-corrected chi connectivity index (χ4v) is 4.32. The van der Waals surface area contributed by atoms with E-state index in [4.69, 9.17) is 4.52 Å². The highest BCUT2D eigenvalue weighted by molar-refractivity contribution is 7.98. The van der Waals surface area contributed by atoms with Gasteiger partial charge in [-0.15, -0.1) is 23.1 Å². The van der Waals surface area contributed by atoms with Crippen LogP contribution in [0.15, 0.2) is 68.8 Å². The zero-order chi connectivity index (χ0) is 20.9. The highest BCUT2D eigenvalue weighted by atomic mass is 32.2. The molecule has 0 aliphatic rings. The van der Waals surface area contributed by atoms with Gasteiger partial charge in [-0.05, 0) is 43.3 Å². The Morgan fingerprint density at radius 3 is 2.80 bits per heavy atom. The lowest BCUT2D eigenvalue weighted by molar-refractivity contribution is 0.0929. The summed E-state index contributed by atoms with van der Waals surface area (Å²) in [6, 6.07) is 12.7. The molecule has 9 heteroatoms. The van der Waals surface area contributed by atoms with Crippen molar-refractivity contribution in [2.24, 2.45) is 0 Å². The fourth-order valence-electron chi connectivity index (χ4n) is 2.70. The van der Waals surface area contributed by atoms with E-state index in [1.807, 2.05) is 23.6 Å². The molecule has 0 saturated carbocycles. The highest BCUT2D eigenvalue weighted by Gasteiger charge is 2.20. The minimum absolute atomic E-state index is 0.231. The van der Waals surface area contributed by atoms with Gasteiger partial charge in [0.1, 0.15) is 11.9 Å². The molecule has 30 heavy (non-hydrogen) atoms. The molecule has 1 atom stereocenters. The zero-order valence-corrected chi connectivity index (χ0v) is 17.5. The predicted octanol–water partition coefficient (Wildman–Crippen LogP) is 5.12.